The topological polar surface area (TPSA) is 26.0 Å². The lowest BCUT2D eigenvalue weighted by molar-refractivity contribution is 0.691. The second-order valence-corrected chi connectivity index (χ2v) is 6.18. The maximum absolute atomic E-state index is 5.87. The number of hydrogen-bond acceptors (Lipinski definition) is 1. The number of rotatable bonds is 5. The number of nitrogen functional groups attached to an aromatic ring is 1. The van der Waals surface area contributed by atoms with Crippen molar-refractivity contribution in [3.05, 3.63) is 102 Å². The Bertz CT molecular complexity index is 716. The van der Waals surface area contributed by atoms with Gasteiger partial charge in [-0.1, -0.05) is 72.8 Å². The minimum absolute atomic E-state index is 0.275. The molecule has 0 radical (unpaired) electrons. The van der Waals surface area contributed by atoms with E-state index in [0.29, 0.717) is 0 Å². The molecule has 0 amide bonds. The summed E-state index contributed by atoms with van der Waals surface area (Å²) < 4.78 is 0. The zero-order chi connectivity index (χ0) is 16.9. The molecule has 0 bridgehead atoms. The molecule has 1 nitrogen and oxygen atoms in total. The molecule has 23 heavy (non-hydrogen) atoms. The molecule has 2 N–H and O–H groups in total. The van der Waals surface area contributed by atoms with Gasteiger partial charge < -0.3 is 5.73 Å². The van der Waals surface area contributed by atoms with Crippen molar-refractivity contribution in [2.24, 2.45) is 0 Å². The minimum atomic E-state index is -0.275. The Labute approximate surface area is 139 Å². The van der Waals surface area contributed by atoms with Gasteiger partial charge in [0.1, 0.15) is 0 Å². The highest BCUT2D eigenvalue weighted by Crippen LogP contribution is 2.39. The summed E-state index contributed by atoms with van der Waals surface area (Å²) in [6, 6.07) is 18.6. The van der Waals surface area contributed by atoms with Gasteiger partial charge in [-0.05, 0) is 49.6 Å². The van der Waals surface area contributed by atoms with Crippen LogP contribution >= 0.6 is 0 Å². The Kier molecular flexibility index (Phi) is 5.23. The third kappa shape index (κ3) is 3.62. The lowest BCUT2D eigenvalue weighted by Gasteiger charge is -2.32. The lowest BCUT2D eigenvalue weighted by atomic mass is 9.70. The second-order valence-electron chi connectivity index (χ2n) is 6.18. The largest absolute Gasteiger partial charge is 0.399 e. The van der Waals surface area contributed by atoms with Crippen molar-refractivity contribution in [3.8, 4) is 0 Å². The molecule has 1 atom stereocenters. The normalized spacial score (nSPS) is 14.0. The first kappa shape index (κ1) is 16.8. The van der Waals surface area contributed by atoms with Gasteiger partial charge in [0.2, 0.25) is 0 Å². The summed E-state index contributed by atoms with van der Waals surface area (Å²) in [5.41, 5.74) is 11.2. The van der Waals surface area contributed by atoms with Crippen LogP contribution in [0.3, 0.4) is 0 Å². The van der Waals surface area contributed by atoms with Crippen LogP contribution in [0.5, 0.6) is 0 Å². The van der Waals surface area contributed by atoms with Crippen LogP contribution in [-0.4, -0.2) is 0 Å². The summed E-state index contributed by atoms with van der Waals surface area (Å²) >= 11 is 0. The predicted molar refractivity (Wildman–Crippen MR) is 101 cm³/mol. The van der Waals surface area contributed by atoms with E-state index >= 15 is 0 Å². The molecule has 0 fully saturated rings. The molecule has 0 heterocycles. The zero-order valence-electron chi connectivity index (χ0n) is 14.2. The van der Waals surface area contributed by atoms with E-state index in [1.54, 1.807) is 0 Å². The van der Waals surface area contributed by atoms with Crippen molar-refractivity contribution >= 4 is 5.69 Å². The average molecular weight is 303 g/mol. The third-order valence-corrected chi connectivity index (χ3v) is 4.23. The summed E-state index contributed by atoms with van der Waals surface area (Å²) in [4.78, 5) is 0. The van der Waals surface area contributed by atoms with Crippen LogP contribution in [0.2, 0.25) is 0 Å². The summed E-state index contributed by atoms with van der Waals surface area (Å²) in [6.45, 7) is 10.5. The molecule has 0 spiro atoms. The van der Waals surface area contributed by atoms with Crippen LogP contribution in [0.25, 0.3) is 0 Å². The Morgan fingerprint density at radius 1 is 0.913 bits per heavy atom. The maximum atomic E-state index is 5.87. The summed E-state index contributed by atoms with van der Waals surface area (Å²) in [7, 11) is 0. The third-order valence-electron chi connectivity index (χ3n) is 4.23. The van der Waals surface area contributed by atoms with E-state index in [1.807, 2.05) is 24.3 Å². The average Bonchev–Trinajstić information content (AvgIpc) is 2.56. The summed E-state index contributed by atoms with van der Waals surface area (Å²) in [5.74, 6) is 0. The molecule has 2 aromatic rings. The highest BCUT2D eigenvalue weighted by molar-refractivity contribution is 5.54. The maximum Gasteiger partial charge on any atom is 0.0423 e. The van der Waals surface area contributed by atoms with Crippen LogP contribution in [-0.2, 0) is 5.41 Å². The Balaban J connectivity index is 2.69. The van der Waals surface area contributed by atoms with E-state index in [4.69, 9.17) is 5.73 Å². The molecular weight excluding hydrogens is 278 g/mol. The van der Waals surface area contributed by atoms with Gasteiger partial charge in [-0.3, -0.25) is 0 Å². The van der Waals surface area contributed by atoms with Gasteiger partial charge >= 0.3 is 0 Å². The number of nitrogens with two attached hydrogens (primary N) is 1. The molecule has 1 unspecified atom stereocenters. The van der Waals surface area contributed by atoms with Crippen LogP contribution in [0.1, 0.15) is 31.9 Å². The minimum Gasteiger partial charge on any atom is -0.399 e. The quantitative estimate of drug-likeness (QED) is 0.560. The van der Waals surface area contributed by atoms with Crippen molar-refractivity contribution in [1.29, 1.82) is 0 Å². The van der Waals surface area contributed by atoms with Gasteiger partial charge in [0.15, 0.2) is 0 Å². The highest BCUT2D eigenvalue weighted by atomic mass is 14.5. The van der Waals surface area contributed by atoms with Crippen molar-refractivity contribution < 1.29 is 0 Å². The lowest BCUT2D eigenvalue weighted by Crippen LogP contribution is -2.25. The Morgan fingerprint density at radius 2 is 1.48 bits per heavy atom. The van der Waals surface area contributed by atoms with E-state index in [2.05, 4.69) is 75.9 Å². The molecule has 0 aliphatic rings. The van der Waals surface area contributed by atoms with Crippen LogP contribution in [0.4, 0.5) is 5.69 Å². The molecule has 0 aliphatic heterocycles. The molecule has 0 saturated heterocycles. The zero-order valence-corrected chi connectivity index (χ0v) is 14.2. The molecule has 1 heteroatoms. The Morgan fingerprint density at radius 3 is 2.00 bits per heavy atom. The van der Waals surface area contributed by atoms with Gasteiger partial charge in [0.05, 0.1) is 0 Å². The van der Waals surface area contributed by atoms with Gasteiger partial charge in [0, 0.05) is 11.1 Å². The first-order chi connectivity index (χ1) is 11.0. The molecule has 0 aliphatic carbocycles. The first-order valence-electron chi connectivity index (χ1n) is 7.88. The smallest absolute Gasteiger partial charge is 0.0423 e. The second kappa shape index (κ2) is 7.15. The van der Waals surface area contributed by atoms with Crippen LogP contribution in [0.15, 0.2) is 90.6 Å². The highest BCUT2D eigenvalue weighted by Gasteiger charge is 2.31. The van der Waals surface area contributed by atoms with Crippen molar-refractivity contribution in [2.45, 2.75) is 26.2 Å². The van der Waals surface area contributed by atoms with Crippen molar-refractivity contribution in [3.63, 3.8) is 0 Å². The van der Waals surface area contributed by atoms with E-state index in [9.17, 15) is 0 Å². The Hall–Kier alpha value is -2.54. The van der Waals surface area contributed by atoms with Gasteiger partial charge in [0.25, 0.3) is 0 Å². The fourth-order valence-electron chi connectivity index (χ4n) is 2.78. The fraction of sp³-hybridized carbons (Fsp3) is 0.182. The molecular formula is C22H25N. The van der Waals surface area contributed by atoms with E-state index in [-0.39, 0.29) is 5.41 Å². The number of allylic oxidation sites excluding steroid dienone is 5. The standard InChI is InChI=1S/C22H25N/c1-5-18(12-11-17(2)3)22(4,19-9-7-6-8-10-19)20-13-15-21(23)16-14-20/h5-16H,1,23H2,2-4H3/b18-12+. The monoisotopic (exact) mass is 303 g/mol. The van der Waals surface area contributed by atoms with E-state index in [0.717, 1.165) is 11.3 Å². The molecule has 0 aromatic heterocycles. The SMILES string of the molecule is C=C/C(=C\C=C(C)C)C(C)(c1ccccc1)c1ccc(N)cc1. The van der Waals surface area contributed by atoms with E-state index in [1.165, 1.54) is 16.7 Å². The van der Waals surface area contributed by atoms with Gasteiger partial charge in [-0.2, -0.15) is 0 Å². The van der Waals surface area contributed by atoms with E-state index < -0.39 is 0 Å². The number of hydrogen-bond donors (Lipinski definition) is 1. The summed E-state index contributed by atoms with van der Waals surface area (Å²) in [6.07, 6.45) is 6.24. The van der Waals surface area contributed by atoms with Crippen LogP contribution < -0.4 is 5.73 Å². The fourth-order valence-corrected chi connectivity index (χ4v) is 2.78. The van der Waals surface area contributed by atoms with Crippen molar-refractivity contribution in [2.75, 3.05) is 5.73 Å². The van der Waals surface area contributed by atoms with Crippen LogP contribution in [0, 0.1) is 0 Å². The first-order valence-corrected chi connectivity index (χ1v) is 7.88. The number of benzene rings is 2. The number of anilines is 1. The molecule has 2 rings (SSSR count). The van der Waals surface area contributed by atoms with Gasteiger partial charge in [-0.25, -0.2) is 0 Å². The van der Waals surface area contributed by atoms with Gasteiger partial charge in [-0.15, -0.1) is 0 Å². The van der Waals surface area contributed by atoms with Crippen molar-refractivity contribution in [1.82, 2.24) is 0 Å². The summed E-state index contributed by atoms with van der Waals surface area (Å²) in [5, 5.41) is 0. The molecule has 0 saturated carbocycles. The molecule has 2 aromatic carbocycles. The predicted octanol–water partition coefficient (Wildman–Crippen LogP) is 5.65. The molecule has 118 valence electrons.